The SMILES string of the molecule is CC(C)(C)OC(=O)Nc1cccc(C(=O)N[C@@H](CN2CCCC2=O)c2ccccc2)c1. The number of carbonyl (C=O) groups excluding carboxylic acids is 3. The van der Waals surface area contributed by atoms with E-state index in [9.17, 15) is 14.4 Å². The number of amides is 3. The lowest BCUT2D eigenvalue weighted by molar-refractivity contribution is -0.128. The van der Waals surface area contributed by atoms with E-state index < -0.39 is 11.7 Å². The standard InChI is InChI=1S/C24H29N3O4/c1-24(2,3)31-23(30)25-19-12-7-11-18(15-19)22(29)26-20(17-9-5-4-6-10-17)16-27-14-8-13-21(27)28/h4-7,9-12,15,20H,8,13-14,16H2,1-3H3,(H,25,30)(H,26,29)/t20-/m0/s1. The molecule has 0 unspecified atom stereocenters. The summed E-state index contributed by atoms with van der Waals surface area (Å²) in [5.41, 5.74) is 1.18. The third-order valence-electron chi connectivity index (χ3n) is 4.85. The molecule has 1 heterocycles. The lowest BCUT2D eigenvalue weighted by Crippen LogP contribution is -2.38. The maximum absolute atomic E-state index is 13.0. The van der Waals surface area contributed by atoms with Gasteiger partial charge in [-0.15, -0.1) is 0 Å². The third-order valence-corrected chi connectivity index (χ3v) is 4.85. The second-order valence-corrected chi connectivity index (χ2v) is 8.59. The van der Waals surface area contributed by atoms with Gasteiger partial charge in [-0.2, -0.15) is 0 Å². The summed E-state index contributed by atoms with van der Waals surface area (Å²) in [6, 6.07) is 15.9. The van der Waals surface area contributed by atoms with Gasteiger partial charge in [0.25, 0.3) is 5.91 Å². The van der Waals surface area contributed by atoms with E-state index in [1.165, 1.54) is 0 Å². The van der Waals surface area contributed by atoms with Crippen molar-refractivity contribution in [2.75, 3.05) is 18.4 Å². The predicted octanol–water partition coefficient (Wildman–Crippen LogP) is 4.13. The number of benzene rings is 2. The lowest BCUT2D eigenvalue weighted by Gasteiger charge is -2.25. The Labute approximate surface area is 182 Å². The zero-order valence-corrected chi connectivity index (χ0v) is 18.2. The monoisotopic (exact) mass is 423 g/mol. The molecule has 0 bridgehead atoms. The quantitative estimate of drug-likeness (QED) is 0.731. The van der Waals surface area contributed by atoms with Gasteiger partial charge in [0.15, 0.2) is 0 Å². The van der Waals surface area contributed by atoms with Gasteiger partial charge in [0.2, 0.25) is 5.91 Å². The number of nitrogens with one attached hydrogen (secondary N) is 2. The van der Waals surface area contributed by atoms with E-state index in [0.717, 1.165) is 12.0 Å². The van der Waals surface area contributed by atoms with E-state index in [1.807, 2.05) is 30.3 Å². The van der Waals surface area contributed by atoms with Gasteiger partial charge in [-0.25, -0.2) is 4.79 Å². The van der Waals surface area contributed by atoms with Crippen LogP contribution in [0, 0.1) is 0 Å². The van der Waals surface area contributed by atoms with Crippen molar-refractivity contribution < 1.29 is 19.1 Å². The first-order valence-corrected chi connectivity index (χ1v) is 10.4. The lowest BCUT2D eigenvalue weighted by atomic mass is 10.1. The van der Waals surface area contributed by atoms with E-state index >= 15 is 0 Å². The van der Waals surface area contributed by atoms with Gasteiger partial charge >= 0.3 is 6.09 Å². The van der Waals surface area contributed by atoms with Gasteiger partial charge in [0.05, 0.1) is 6.04 Å². The third kappa shape index (κ3) is 6.57. The summed E-state index contributed by atoms with van der Waals surface area (Å²) in [7, 11) is 0. The van der Waals surface area contributed by atoms with Crippen LogP contribution >= 0.6 is 0 Å². The summed E-state index contributed by atoms with van der Waals surface area (Å²) >= 11 is 0. The molecule has 7 nitrogen and oxygen atoms in total. The van der Waals surface area contributed by atoms with Crippen molar-refractivity contribution in [3.63, 3.8) is 0 Å². The van der Waals surface area contributed by atoms with Crippen molar-refractivity contribution in [3.05, 3.63) is 65.7 Å². The van der Waals surface area contributed by atoms with Gasteiger partial charge in [-0.1, -0.05) is 36.4 Å². The van der Waals surface area contributed by atoms with Crippen LogP contribution in [-0.4, -0.2) is 41.5 Å². The van der Waals surface area contributed by atoms with Gasteiger partial charge in [-0.05, 0) is 51.0 Å². The zero-order chi connectivity index (χ0) is 22.4. The fraction of sp³-hybridized carbons (Fsp3) is 0.375. The normalized spacial score (nSPS) is 14.8. The number of anilines is 1. The summed E-state index contributed by atoms with van der Waals surface area (Å²) in [5.74, 6) is -0.174. The van der Waals surface area contributed by atoms with Gasteiger partial charge < -0.3 is 15.0 Å². The van der Waals surface area contributed by atoms with Crippen LogP contribution in [-0.2, 0) is 9.53 Å². The number of carbonyl (C=O) groups is 3. The second-order valence-electron chi connectivity index (χ2n) is 8.59. The Morgan fingerprint density at radius 3 is 2.48 bits per heavy atom. The zero-order valence-electron chi connectivity index (χ0n) is 18.2. The molecule has 2 N–H and O–H groups in total. The van der Waals surface area contributed by atoms with Gasteiger partial charge in [-0.3, -0.25) is 14.9 Å². The van der Waals surface area contributed by atoms with E-state index in [4.69, 9.17) is 4.74 Å². The Hall–Kier alpha value is -3.35. The minimum atomic E-state index is -0.616. The fourth-order valence-electron chi connectivity index (χ4n) is 3.44. The summed E-state index contributed by atoms with van der Waals surface area (Å²) < 4.78 is 5.26. The Morgan fingerprint density at radius 2 is 1.84 bits per heavy atom. The Balaban J connectivity index is 1.72. The average Bonchev–Trinajstić information content (AvgIpc) is 3.11. The van der Waals surface area contributed by atoms with Crippen molar-refractivity contribution in [3.8, 4) is 0 Å². The molecule has 0 aromatic heterocycles. The van der Waals surface area contributed by atoms with E-state index in [2.05, 4.69) is 10.6 Å². The van der Waals surface area contributed by atoms with Crippen LogP contribution in [0.2, 0.25) is 0 Å². The molecule has 0 spiro atoms. The summed E-state index contributed by atoms with van der Waals surface area (Å²) in [4.78, 5) is 38.9. The van der Waals surface area contributed by atoms with Crippen molar-refractivity contribution in [1.29, 1.82) is 0 Å². The van der Waals surface area contributed by atoms with E-state index in [1.54, 1.807) is 49.9 Å². The van der Waals surface area contributed by atoms with Crippen LogP contribution in [0.5, 0.6) is 0 Å². The first-order chi connectivity index (χ1) is 14.7. The molecule has 0 radical (unpaired) electrons. The number of nitrogens with zero attached hydrogens (tertiary/aromatic N) is 1. The fourth-order valence-corrected chi connectivity index (χ4v) is 3.44. The molecular formula is C24H29N3O4. The number of rotatable bonds is 6. The molecule has 1 saturated heterocycles. The first-order valence-electron chi connectivity index (χ1n) is 10.4. The maximum Gasteiger partial charge on any atom is 0.412 e. The summed E-state index contributed by atoms with van der Waals surface area (Å²) in [5, 5.41) is 5.69. The summed E-state index contributed by atoms with van der Waals surface area (Å²) in [6.45, 7) is 6.47. The van der Waals surface area contributed by atoms with Crippen molar-refractivity contribution >= 4 is 23.6 Å². The second kappa shape index (κ2) is 9.64. The number of hydrogen-bond donors (Lipinski definition) is 2. The Bertz CT molecular complexity index is 937. The van der Waals surface area contributed by atoms with Crippen LogP contribution < -0.4 is 10.6 Å². The molecule has 2 aromatic carbocycles. The highest BCUT2D eigenvalue weighted by Gasteiger charge is 2.25. The van der Waals surface area contributed by atoms with Crippen LogP contribution in [0.1, 0.15) is 55.6 Å². The molecule has 3 amide bonds. The highest BCUT2D eigenvalue weighted by Crippen LogP contribution is 2.20. The predicted molar refractivity (Wildman–Crippen MR) is 119 cm³/mol. The first kappa shape index (κ1) is 22.3. The molecule has 0 saturated carbocycles. The molecule has 7 heteroatoms. The van der Waals surface area contributed by atoms with Gasteiger partial charge in [0, 0.05) is 30.8 Å². The minimum Gasteiger partial charge on any atom is -0.444 e. The average molecular weight is 424 g/mol. The van der Waals surface area contributed by atoms with E-state index in [0.29, 0.717) is 30.8 Å². The minimum absolute atomic E-state index is 0.110. The highest BCUT2D eigenvalue weighted by molar-refractivity contribution is 5.96. The van der Waals surface area contributed by atoms with Crippen LogP contribution in [0.25, 0.3) is 0 Å². The molecule has 3 rings (SSSR count). The number of hydrogen-bond acceptors (Lipinski definition) is 4. The molecule has 31 heavy (non-hydrogen) atoms. The number of likely N-dealkylation sites (tertiary alicyclic amines) is 1. The molecule has 1 atom stereocenters. The van der Waals surface area contributed by atoms with Crippen LogP contribution in [0.3, 0.4) is 0 Å². The topological polar surface area (TPSA) is 87.7 Å². The molecular weight excluding hydrogens is 394 g/mol. The molecule has 1 aliphatic heterocycles. The molecule has 1 aliphatic rings. The molecule has 2 aromatic rings. The highest BCUT2D eigenvalue weighted by atomic mass is 16.6. The number of ether oxygens (including phenoxy) is 1. The van der Waals surface area contributed by atoms with Gasteiger partial charge in [0.1, 0.15) is 5.60 Å². The largest absolute Gasteiger partial charge is 0.444 e. The van der Waals surface area contributed by atoms with Crippen molar-refractivity contribution in [2.45, 2.75) is 45.3 Å². The van der Waals surface area contributed by atoms with Crippen molar-refractivity contribution in [1.82, 2.24) is 10.2 Å². The van der Waals surface area contributed by atoms with Crippen molar-refractivity contribution in [2.24, 2.45) is 0 Å². The smallest absolute Gasteiger partial charge is 0.412 e. The Kier molecular flexibility index (Phi) is 6.95. The maximum atomic E-state index is 13.0. The molecule has 0 aliphatic carbocycles. The van der Waals surface area contributed by atoms with Crippen LogP contribution in [0.4, 0.5) is 10.5 Å². The summed E-state index contributed by atoms with van der Waals surface area (Å²) in [6.07, 6.45) is 0.806. The van der Waals surface area contributed by atoms with Crippen LogP contribution in [0.15, 0.2) is 54.6 Å². The van der Waals surface area contributed by atoms with E-state index in [-0.39, 0.29) is 17.9 Å². The molecule has 164 valence electrons. The Morgan fingerprint density at radius 1 is 1.10 bits per heavy atom. The molecule has 1 fully saturated rings.